The molecule has 2 rings (SSSR count). The molecule has 26 heavy (non-hydrogen) atoms. The van der Waals surface area contributed by atoms with E-state index >= 15 is 0 Å². The highest BCUT2D eigenvalue weighted by Gasteiger charge is 2.33. The van der Waals surface area contributed by atoms with Crippen molar-refractivity contribution in [3.63, 3.8) is 0 Å². The molecule has 0 atom stereocenters. The molecule has 0 bridgehead atoms. The number of alkyl halides is 3. The quantitative estimate of drug-likeness (QED) is 0.535. The van der Waals surface area contributed by atoms with Gasteiger partial charge in [-0.1, -0.05) is 23.7 Å². The third kappa shape index (κ3) is 6.31. The van der Waals surface area contributed by atoms with E-state index in [1.165, 1.54) is 18.2 Å². The van der Waals surface area contributed by atoms with Crippen LogP contribution in [0.2, 0.25) is 5.02 Å². The summed E-state index contributed by atoms with van der Waals surface area (Å²) in [7, 11) is 0. The number of halogens is 5. The van der Waals surface area contributed by atoms with E-state index in [-0.39, 0.29) is 17.9 Å². The topological polar surface area (TPSA) is 41.1 Å². The fourth-order valence-electron chi connectivity index (χ4n) is 2.25. The van der Waals surface area contributed by atoms with E-state index in [0.29, 0.717) is 19.5 Å². The molecule has 2 aromatic rings. The summed E-state index contributed by atoms with van der Waals surface area (Å²) in [6.45, 7) is 0.963. The van der Waals surface area contributed by atoms with Gasteiger partial charge in [-0.05, 0) is 48.9 Å². The minimum atomic E-state index is -4.58. The second-order valence-electron chi connectivity index (χ2n) is 5.62. The summed E-state index contributed by atoms with van der Waals surface area (Å²) in [4.78, 5) is 11.8. The molecule has 0 spiro atoms. The SMILES string of the molecule is O=C(CCNCCc1ccc(F)cc1)Nc1ccc(Cl)c(C(F)(F)F)c1. The Kier molecular flexibility index (Phi) is 6.99. The summed E-state index contributed by atoms with van der Waals surface area (Å²) < 4.78 is 51.1. The van der Waals surface area contributed by atoms with E-state index in [4.69, 9.17) is 11.6 Å². The first-order valence-corrected chi connectivity index (χ1v) is 8.25. The molecule has 0 saturated carbocycles. The number of rotatable bonds is 7. The largest absolute Gasteiger partial charge is 0.417 e. The molecule has 140 valence electrons. The van der Waals surface area contributed by atoms with Crippen molar-refractivity contribution in [3.8, 4) is 0 Å². The van der Waals surface area contributed by atoms with Crippen LogP contribution in [0.1, 0.15) is 17.5 Å². The van der Waals surface area contributed by atoms with Crippen LogP contribution in [0.15, 0.2) is 42.5 Å². The predicted molar refractivity (Wildman–Crippen MR) is 92.7 cm³/mol. The Bertz CT molecular complexity index is 748. The number of amides is 1. The third-order valence-electron chi connectivity index (χ3n) is 3.59. The zero-order valence-corrected chi connectivity index (χ0v) is 14.4. The summed E-state index contributed by atoms with van der Waals surface area (Å²) in [5, 5.41) is 5.05. The molecule has 0 radical (unpaired) electrons. The molecule has 0 aliphatic carbocycles. The number of hydrogen-bond donors (Lipinski definition) is 2. The normalized spacial score (nSPS) is 11.4. The highest BCUT2D eigenvalue weighted by Crippen LogP contribution is 2.36. The van der Waals surface area contributed by atoms with Crippen LogP contribution >= 0.6 is 11.6 Å². The third-order valence-corrected chi connectivity index (χ3v) is 3.92. The molecule has 0 aromatic heterocycles. The lowest BCUT2D eigenvalue weighted by Gasteiger charge is -2.12. The molecule has 0 fully saturated rings. The summed E-state index contributed by atoms with van der Waals surface area (Å²) in [5.41, 5.74) is 0.0108. The first kappa shape index (κ1) is 20.2. The number of carbonyl (C=O) groups excluding carboxylic acids is 1. The molecule has 1 amide bonds. The van der Waals surface area contributed by atoms with Crippen LogP contribution in [0, 0.1) is 5.82 Å². The van der Waals surface area contributed by atoms with Crippen molar-refractivity contribution in [3.05, 3.63) is 64.4 Å². The van der Waals surface area contributed by atoms with E-state index in [1.54, 1.807) is 12.1 Å². The van der Waals surface area contributed by atoms with Gasteiger partial charge >= 0.3 is 6.18 Å². The van der Waals surface area contributed by atoms with E-state index < -0.39 is 22.7 Å². The van der Waals surface area contributed by atoms with E-state index in [0.717, 1.165) is 17.7 Å². The van der Waals surface area contributed by atoms with Gasteiger partial charge in [-0.15, -0.1) is 0 Å². The van der Waals surface area contributed by atoms with Gasteiger partial charge in [0, 0.05) is 18.7 Å². The van der Waals surface area contributed by atoms with Gasteiger partial charge in [0.25, 0.3) is 0 Å². The Morgan fingerprint density at radius 2 is 1.73 bits per heavy atom. The van der Waals surface area contributed by atoms with Crippen molar-refractivity contribution < 1.29 is 22.4 Å². The fraction of sp³-hybridized carbons (Fsp3) is 0.278. The minimum Gasteiger partial charge on any atom is -0.326 e. The van der Waals surface area contributed by atoms with Crippen molar-refractivity contribution >= 4 is 23.2 Å². The van der Waals surface area contributed by atoms with Crippen LogP contribution in [0.5, 0.6) is 0 Å². The first-order valence-electron chi connectivity index (χ1n) is 7.87. The molecular weight excluding hydrogens is 372 g/mol. The number of anilines is 1. The van der Waals surface area contributed by atoms with E-state index in [9.17, 15) is 22.4 Å². The van der Waals surface area contributed by atoms with Crippen molar-refractivity contribution in [2.75, 3.05) is 18.4 Å². The Morgan fingerprint density at radius 3 is 2.38 bits per heavy atom. The van der Waals surface area contributed by atoms with Gasteiger partial charge in [0.15, 0.2) is 0 Å². The minimum absolute atomic E-state index is 0.0398. The zero-order chi connectivity index (χ0) is 19.2. The lowest BCUT2D eigenvalue weighted by molar-refractivity contribution is -0.137. The van der Waals surface area contributed by atoms with Gasteiger partial charge in [0.05, 0.1) is 10.6 Å². The van der Waals surface area contributed by atoms with Crippen molar-refractivity contribution in [1.29, 1.82) is 0 Å². The van der Waals surface area contributed by atoms with Crippen molar-refractivity contribution in [2.45, 2.75) is 19.0 Å². The van der Waals surface area contributed by atoms with Gasteiger partial charge in [0.2, 0.25) is 5.91 Å². The molecule has 2 aromatic carbocycles. The molecule has 8 heteroatoms. The summed E-state index contributed by atoms with van der Waals surface area (Å²) in [6.07, 6.45) is -3.80. The molecular formula is C18H17ClF4N2O. The van der Waals surface area contributed by atoms with Gasteiger partial charge < -0.3 is 10.6 Å². The highest BCUT2D eigenvalue weighted by molar-refractivity contribution is 6.31. The monoisotopic (exact) mass is 388 g/mol. The number of benzene rings is 2. The first-order chi connectivity index (χ1) is 12.3. The predicted octanol–water partition coefficient (Wildman–Crippen LogP) is 4.66. The Balaban J connectivity index is 1.74. The van der Waals surface area contributed by atoms with Crippen LogP contribution in [-0.4, -0.2) is 19.0 Å². The average Bonchev–Trinajstić information content (AvgIpc) is 2.57. The Hall–Kier alpha value is -2.12. The standard InChI is InChI=1S/C18H17ClF4N2O/c19-16-6-5-14(11-15(16)18(21,22)23)25-17(26)8-10-24-9-7-12-1-3-13(20)4-2-12/h1-6,11,24H,7-10H2,(H,25,26). The van der Waals surface area contributed by atoms with Crippen LogP contribution in [0.3, 0.4) is 0 Å². The molecule has 2 N–H and O–H groups in total. The number of hydrogen-bond acceptors (Lipinski definition) is 2. The van der Waals surface area contributed by atoms with E-state index in [2.05, 4.69) is 10.6 Å². The maximum absolute atomic E-state index is 12.8. The highest BCUT2D eigenvalue weighted by atomic mass is 35.5. The Morgan fingerprint density at radius 1 is 1.04 bits per heavy atom. The number of carbonyl (C=O) groups is 1. The maximum atomic E-state index is 12.8. The molecule has 3 nitrogen and oxygen atoms in total. The van der Waals surface area contributed by atoms with Crippen LogP contribution < -0.4 is 10.6 Å². The molecule has 0 aliphatic heterocycles. The Labute approximate surface area is 153 Å². The fourth-order valence-corrected chi connectivity index (χ4v) is 2.48. The molecule has 0 heterocycles. The second kappa shape index (κ2) is 9.00. The lowest BCUT2D eigenvalue weighted by Crippen LogP contribution is -2.23. The molecule has 0 saturated heterocycles. The second-order valence-corrected chi connectivity index (χ2v) is 6.02. The summed E-state index contributed by atoms with van der Waals surface area (Å²) in [5.74, 6) is -0.705. The van der Waals surface area contributed by atoms with Gasteiger partial charge in [-0.25, -0.2) is 4.39 Å². The number of nitrogens with one attached hydrogen (secondary N) is 2. The zero-order valence-electron chi connectivity index (χ0n) is 13.7. The van der Waals surface area contributed by atoms with Crippen molar-refractivity contribution in [1.82, 2.24) is 5.32 Å². The van der Waals surface area contributed by atoms with Crippen LogP contribution in [0.4, 0.5) is 23.2 Å². The van der Waals surface area contributed by atoms with Gasteiger partial charge in [0.1, 0.15) is 5.82 Å². The van der Waals surface area contributed by atoms with Crippen molar-refractivity contribution in [2.24, 2.45) is 0 Å². The van der Waals surface area contributed by atoms with Crippen LogP contribution in [-0.2, 0) is 17.4 Å². The molecule has 0 aliphatic rings. The summed E-state index contributed by atoms with van der Waals surface area (Å²) >= 11 is 5.53. The van der Waals surface area contributed by atoms with Gasteiger partial charge in [-0.2, -0.15) is 13.2 Å². The average molecular weight is 389 g/mol. The van der Waals surface area contributed by atoms with Crippen LogP contribution in [0.25, 0.3) is 0 Å². The summed E-state index contributed by atoms with van der Waals surface area (Å²) in [6, 6.07) is 9.35. The van der Waals surface area contributed by atoms with Gasteiger partial charge in [-0.3, -0.25) is 4.79 Å². The molecule has 0 unspecified atom stereocenters. The smallest absolute Gasteiger partial charge is 0.326 e. The van der Waals surface area contributed by atoms with E-state index in [1.807, 2.05) is 0 Å². The maximum Gasteiger partial charge on any atom is 0.417 e. The lowest BCUT2D eigenvalue weighted by atomic mass is 10.1.